The minimum atomic E-state index is -2.03. The Bertz CT molecular complexity index is 1550. The highest BCUT2D eigenvalue weighted by Crippen LogP contribution is 2.52. The Balaban J connectivity index is -0.000000823. The Morgan fingerprint density at radius 1 is 0.437 bits per heavy atom. The fraction of sp³-hybridized carbons (Fsp3) is 0.806. The Kier molecular flexibility index (Phi) is 35.2. The van der Waals surface area contributed by atoms with E-state index in [4.69, 9.17) is 32.5 Å². The molecule has 0 amide bonds. The van der Waals surface area contributed by atoms with Crippen molar-refractivity contribution in [3.63, 3.8) is 0 Å². The van der Waals surface area contributed by atoms with Crippen LogP contribution in [0.15, 0.2) is 48.5 Å². The number of ether oxygens (including phenoxy) is 8. The van der Waals surface area contributed by atoms with Gasteiger partial charge in [0.1, 0.15) is 8.07 Å². The van der Waals surface area contributed by atoms with Gasteiger partial charge in [-0.1, -0.05) is 120 Å². The molecule has 3 aliphatic carbocycles. The van der Waals surface area contributed by atoms with Gasteiger partial charge in [-0.25, -0.2) is 0 Å². The molecule has 6 rings (SSSR count). The van der Waals surface area contributed by atoms with Gasteiger partial charge in [0.2, 0.25) is 0 Å². The van der Waals surface area contributed by atoms with E-state index < -0.39 is 20.5 Å². The molecule has 0 spiro atoms. The number of hydrogen-bond acceptors (Lipinski definition) is 8. The molecule has 0 bridgehead atoms. The van der Waals surface area contributed by atoms with E-state index in [0.717, 1.165) is 13.2 Å². The number of hydrogen-bond donors (Lipinski definition) is 0. The normalized spacial score (nSPS) is 18.7. The Labute approximate surface area is 447 Å². The van der Waals surface area contributed by atoms with Gasteiger partial charge >= 0.3 is 0 Å². The van der Waals surface area contributed by atoms with Gasteiger partial charge in [0, 0.05) is 74.2 Å². The maximum absolute atomic E-state index is 6.94. The summed E-state index contributed by atoms with van der Waals surface area (Å²) >= 11 is 0. The zero-order valence-electron chi connectivity index (χ0n) is 54.4. The average molecular weight is 1020 g/mol. The summed E-state index contributed by atoms with van der Waals surface area (Å²) < 4.78 is 60.2. The summed E-state index contributed by atoms with van der Waals surface area (Å²) in [5.74, 6) is 0. The fourth-order valence-corrected chi connectivity index (χ4v) is 13.3. The average Bonchev–Trinajstić information content (AvgIpc) is 3.64. The van der Waals surface area contributed by atoms with Crippen LogP contribution >= 0.6 is 0 Å². The Morgan fingerprint density at radius 3 is 0.859 bits per heavy atom. The molecule has 1 heterocycles. The SMILES string of the molecule is CC1([Si]2(C)c3ccccc3-c3ccccc32)CCCCC1.CCOC.CCOC.COC(C)(C)C.COC(C)(C)C.COC(C)(C)C.COC1(C)CCCCC1.COC1(C)CCCCC1.[2H]C([2H])([2H])C(C)(C)OC. The van der Waals surface area contributed by atoms with Crippen molar-refractivity contribution in [2.45, 2.75) is 259 Å². The summed E-state index contributed by atoms with van der Waals surface area (Å²) in [6, 6.07) is 18.5. The van der Waals surface area contributed by atoms with E-state index in [-0.39, 0.29) is 28.0 Å². The van der Waals surface area contributed by atoms with Crippen molar-refractivity contribution in [3.05, 3.63) is 48.5 Å². The predicted molar refractivity (Wildman–Crippen MR) is 313 cm³/mol. The van der Waals surface area contributed by atoms with Crippen LogP contribution in [0.2, 0.25) is 11.6 Å². The highest BCUT2D eigenvalue weighted by molar-refractivity contribution is 7.06. The van der Waals surface area contributed by atoms with Crippen LogP contribution in [0.25, 0.3) is 11.1 Å². The van der Waals surface area contributed by atoms with Gasteiger partial charge in [-0.3, -0.25) is 0 Å². The van der Waals surface area contributed by atoms with Crippen LogP contribution in [0.1, 0.15) is 218 Å². The van der Waals surface area contributed by atoms with Gasteiger partial charge < -0.3 is 37.9 Å². The van der Waals surface area contributed by atoms with Gasteiger partial charge in [-0.05, 0) is 176 Å². The van der Waals surface area contributed by atoms with Gasteiger partial charge in [0.05, 0.1) is 33.6 Å². The highest BCUT2D eigenvalue weighted by atomic mass is 28.3. The van der Waals surface area contributed by atoms with E-state index in [1.807, 2.05) is 90.4 Å². The summed E-state index contributed by atoms with van der Waals surface area (Å²) in [5, 5.41) is 3.90. The fourth-order valence-electron chi connectivity index (χ4n) is 7.94. The molecule has 3 fully saturated rings. The highest BCUT2D eigenvalue weighted by Gasteiger charge is 2.53. The van der Waals surface area contributed by atoms with Crippen molar-refractivity contribution >= 4 is 18.4 Å². The molecule has 0 saturated heterocycles. The van der Waals surface area contributed by atoms with Crippen LogP contribution in [-0.4, -0.2) is 112 Å². The van der Waals surface area contributed by atoms with Crippen molar-refractivity contribution < 1.29 is 42.0 Å². The quantitative estimate of drug-likeness (QED) is 0.274. The first-order valence-corrected chi connectivity index (χ1v) is 29.5. The molecule has 0 aromatic heterocycles. The molecule has 2 aromatic carbocycles. The minimum absolute atomic E-state index is 0.0417. The van der Waals surface area contributed by atoms with Crippen molar-refractivity contribution in [1.29, 1.82) is 0 Å². The molecule has 420 valence electrons. The minimum Gasteiger partial charge on any atom is -0.385 e. The van der Waals surface area contributed by atoms with Crippen molar-refractivity contribution in [2.24, 2.45) is 0 Å². The summed E-state index contributed by atoms with van der Waals surface area (Å²) in [7, 11) is 11.9. The predicted octanol–water partition coefficient (Wildman–Crippen LogP) is 16.3. The van der Waals surface area contributed by atoms with E-state index in [1.165, 1.54) is 115 Å². The Morgan fingerprint density at radius 2 is 0.676 bits per heavy atom. The zero-order chi connectivity index (χ0) is 58.1. The van der Waals surface area contributed by atoms with Gasteiger partial charge in [0.15, 0.2) is 0 Å². The van der Waals surface area contributed by atoms with Crippen LogP contribution < -0.4 is 10.4 Å². The molecule has 1 aliphatic heterocycles. The monoisotopic (exact) mass is 1020 g/mol. The molecule has 8 nitrogen and oxygen atoms in total. The van der Waals surface area contributed by atoms with Crippen LogP contribution in [0.3, 0.4) is 0 Å². The molecule has 71 heavy (non-hydrogen) atoms. The Hall–Kier alpha value is -1.66. The standard InChI is InChI=1S/C20H24Si.2C8H16O.4C5H12O.2C3H8O/c1-20(14-8-3-9-15-20)21(2)18-12-6-4-10-16(18)17-11-5-7-13-19(17)21;2*1-8(9-2)6-4-3-5-7-8;4*1-5(2,3)6-4;2*1-3-4-2/h4-7,10-13H,3,8-9,14-15H2,1-2H3;2*3-7H2,1-2H3;4*1-4H3;2*3H2,1-2H3/i;;;1D3;;;;;. The molecule has 0 N–H and O–H groups in total. The van der Waals surface area contributed by atoms with E-state index in [9.17, 15) is 0 Å². The maximum Gasteiger partial charge on any atom is 0.122 e. The first-order chi connectivity index (χ1) is 34.0. The molecule has 4 aliphatic rings. The summed E-state index contributed by atoms with van der Waals surface area (Å²) in [6.45, 7) is 34.5. The largest absolute Gasteiger partial charge is 0.385 e. The molecule has 2 aromatic rings. The van der Waals surface area contributed by atoms with Crippen molar-refractivity contribution in [1.82, 2.24) is 0 Å². The summed E-state index contributed by atoms with van der Waals surface area (Å²) in [5.41, 5.74) is 2.59. The molecule has 3 saturated carbocycles. The summed E-state index contributed by atoms with van der Waals surface area (Å²) in [6.07, 6.45) is 20.3. The second-order valence-corrected chi connectivity index (χ2v) is 28.1. The third-order valence-corrected chi connectivity index (χ3v) is 20.1. The van der Waals surface area contributed by atoms with Gasteiger partial charge in [-0.15, -0.1) is 0 Å². The lowest BCUT2D eigenvalue weighted by molar-refractivity contribution is -0.0234. The van der Waals surface area contributed by atoms with E-state index in [2.05, 4.69) is 85.3 Å². The lowest BCUT2D eigenvalue weighted by Crippen LogP contribution is -2.61. The number of methoxy groups -OCH3 is 8. The lowest BCUT2D eigenvalue weighted by atomic mass is 9.86. The van der Waals surface area contributed by atoms with Crippen molar-refractivity contribution in [3.8, 4) is 11.1 Å². The van der Waals surface area contributed by atoms with Gasteiger partial charge in [-0.2, -0.15) is 0 Å². The van der Waals surface area contributed by atoms with Crippen LogP contribution in [0, 0.1) is 0 Å². The molecule has 0 atom stereocenters. The van der Waals surface area contributed by atoms with Crippen LogP contribution in [0.4, 0.5) is 0 Å². The van der Waals surface area contributed by atoms with Crippen LogP contribution in [-0.2, 0) is 37.9 Å². The third-order valence-electron chi connectivity index (χ3n) is 14.1. The maximum atomic E-state index is 6.94. The zero-order valence-corrected chi connectivity index (χ0v) is 52.4. The molecule has 9 heteroatoms. The van der Waals surface area contributed by atoms with E-state index in [0.29, 0.717) is 5.04 Å². The lowest BCUT2D eigenvalue weighted by Gasteiger charge is -2.47. The molecular weight excluding hydrogens is 901 g/mol. The van der Waals surface area contributed by atoms with Gasteiger partial charge in [0.25, 0.3) is 0 Å². The number of fused-ring (bicyclic) bond motifs is 3. The molecular formula is C62H120O8Si. The third kappa shape index (κ3) is 33.1. The van der Waals surface area contributed by atoms with E-state index in [1.54, 1.807) is 59.8 Å². The summed E-state index contributed by atoms with van der Waals surface area (Å²) in [4.78, 5) is 0. The van der Waals surface area contributed by atoms with Crippen molar-refractivity contribution in [2.75, 3.05) is 70.1 Å². The molecule has 0 unspecified atom stereocenters. The second-order valence-electron chi connectivity index (χ2n) is 23.6. The topological polar surface area (TPSA) is 73.8 Å². The second kappa shape index (κ2) is 37.1. The van der Waals surface area contributed by atoms with E-state index >= 15 is 0 Å². The number of benzene rings is 2. The first kappa shape index (κ1) is 67.4. The molecule has 0 radical (unpaired) electrons. The smallest absolute Gasteiger partial charge is 0.122 e. The van der Waals surface area contributed by atoms with Crippen LogP contribution in [0.5, 0.6) is 0 Å². The first-order valence-electron chi connectivity index (χ1n) is 28.5. The number of rotatable bonds is 5.